The predicted molar refractivity (Wildman–Crippen MR) is 112 cm³/mol. The zero-order valence-corrected chi connectivity index (χ0v) is 16.8. The van der Waals surface area contributed by atoms with E-state index < -0.39 is 11.7 Å². The first kappa shape index (κ1) is 20.0. The van der Waals surface area contributed by atoms with Crippen LogP contribution in [0.3, 0.4) is 0 Å². The Morgan fingerprint density at radius 3 is 2.65 bits per heavy atom. The predicted octanol–water partition coefficient (Wildman–Crippen LogP) is 4.55. The Labute approximate surface area is 178 Å². The van der Waals surface area contributed by atoms with Crippen LogP contribution < -0.4 is 5.56 Å². The van der Waals surface area contributed by atoms with Crippen LogP contribution >= 0.6 is 0 Å². The van der Waals surface area contributed by atoms with Gasteiger partial charge in [-0.1, -0.05) is 18.2 Å². The number of rotatable bonds is 3. The summed E-state index contributed by atoms with van der Waals surface area (Å²) in [6.07, 6.45) is -1.61. The molecule has 7 heteroatoms. The van der Waals surface area contributed by atoms with Crippen molar-refractivity contribution in [3.05, 3.63) is 88.1 Å². The number of nitrogens with zero attached hydrogens (tertiary/aromatic N) is 3. The van der Waals surface area contributed by atoms with E-state index >= 15 is 0 Å². The van der Waals surface area contributed by atoms with E-state index in [1.807, 2.05) is 24.3 Å². The minimum absolute atomic E-state index is 0.204. The molecule has 160 valence electrons. The number of pyridine rings is 2. The number of hydrogen-bond acceptors (Lipinski definition) is 3. The molecule has 4 heterocycles. The van der Waals surface area contributed by atoms with Crippen LogP contribution in [0.4, 0.5) is 13.2 Å². The van der Waals surface area contributed by atoms with E-state index in [0.717, 1.165) is 49.6 Å². The Hall–Kier alpha value is -2.93. The zero-order chi connectivity index (χ0) is 21.6. The molecule has 2 aromatic heterocycles. The van der Waals surface area contributed by atoms with Gasteiger partial charge in [-0.3, -0.25) is 14.7 Å². The second-order valence-electron chi connectivity index (χ2n) is 8.48. The van der Waals surface area contributed by atoms with Gasteiger partial charge in [0, 0.05) is 49.6 Å². The Bertz CT molecular complexity index is 1160. The average molecular weight is 425 g/mol. The summed E-state index contributed by atoms with van der Waals surface area (Å²) < 4.78 is 41.1. The topological polar surface area (TPSA) is 38.1 Å². The highest BCUT2D eigenvalue weighted by molar-refractivity contribution is 5.63. The van der Waals surface area contributed by atoms with Crippen LogP contribution in [0, 0.1) is 5.92 Å². The fourth-order valence-electron chi connectivity index (χ4n) is 4.98. The van der Waals surface area contributed by atoms with Crippen LogP contribution in [0.25, 0.3) is 11.1 Å². The number of likely N-dealkylation sites (tertiary alicyclic amines) is 1. The van der Waals surface area contributed by atoms with E-state index in [4.69, 9.17) is 0 Å². The van der Waals surface area contributed by atoms with Crippen molar-refractivity contribution in [3.8, 4) is 11.1 Å². The van der Waals surface area contributed by atoms with Gasteiger partial charge < -0.3 is 4.57 Å². The first-order chi connectivity index (χ1) is 14.9. The quantitative estimate of drug-likeness (QED) is 0.618. The van der Waals surface area contributed by atoms with Crippen molar-refractivity contribution < 1.29 is 13.2 Å². The van der Waals surface area contributed by atoms with Crippen molar-refractivity contribution in [2.45, 2.75) is 31.6 Å². The zero-order valence-electron chi connectivity index (χ0n) is 16.8. The minimum atomic E-state index is -4.44. The Morgan fingerprint density at radius 2 is 1.87 bits per heavy atom. The molecule has 0 aliphatic carbocycles. The summed E-state index contributed by atoms with van der Waals surface area (Å²) in [5, 5.41) is 0. The van der Waals surface area contributed by atoms with Crippen LogP contribution in [0.2, 0.25) is 0 Å². The number of benzene rings is 1. The number of hydrogen-bond donors (Lipinski definition) is 0. The molecule has 2 aliphatic heterocycles. The molecule has 0 unspecified atom stereocenters. The summed E-state index contributed by atoms with van der Waals surface area (Å²) in [6, 6.07) is 14.5. The smallest absolute Gasteiger partial charge is 0.311 e. The molecule has 1 saturated heterocycles. The maximum absolute atomic E-state index is 13.2. The van der Waals surface area contributed by atoms with E-state index in [0.29, 0.717) is 23.6 Å². The normalized spacial score (nSPS) is 21.0. The van der Waals surface area contributed by atoms with E-state index in [2.05, 4.69) is 9.88 Å². The Kier molecular flexibility index (Phi) is 4.93. The monoisotopic (exact) mass is 425 g/mol. The number of piperidine rings is 1. The van der Waals surface area contributed by atoms with Gasteiger partial charge >= 0.3 is 6.18 Å². The second kappa shape index (κ2) is 7.64. The van der Waals surface area contributed by atoms with Gasteiger partial charge in [-0.25, -0.2) is 0 Å². The number of alkyl halides is 3. The van der Waals surface area contributed by atoms with Crippen molar-refractivity contribution in [1.82, 2.24) is 14.5 Å². The first-order valence-electron chi connectivity index (χ1n) is 10.4. The fourth-order valence-corrected chi connectivity index (χ4v) is 4.98. The summed E-state index contributed by atoms with van der Waals surface area (Å²) in [4.78, 5) is 20.0. The van der Waals surface area contributed by atoms with Gasteiger partial charge in [0.05, 0.1) is 11.3 Å². The molecule has 1 aromatic carbocycles. The summed E-state index contributed by atoms with van der Waals surface area (Å²) >= 11 is 0. The first-order valence-corrected chi connectivity index (χ1v) is 10.4. The van der Waals surface area contributed by atoms with Crippen molar-refractivity contribution in [1.29, 1.82) is 0 Å². The highest BCUT2D eigenvalue weighted by Gasteiger charge is 2.35. The van der Waals surface area contributed by atoms with Crippen LogP contribution in [-0.2, 0) is 19.3 Å². The van der Waals surface area contributed by atoms with E-state index in [9.17, 15) is 18.0 Å². The lowest BCUT2D eigenvalue weighted by Gasteiger charge is -2.42. The van der Waals surface area contributed by atoms with Gasteiger partial charge in [0.2, 0.25) is 0 Å². The van der Waals surface area contributed by atoms with Crippen LogP contribution in [0.15, 0.2) is 65.6 Å². The molecule has 2 atom stereocenters. The number of fused-ring (bicyclic) bond motifs is 4. The molecular weight excluding hydrogens is 403 g/mol. The van der Waals surface area contributed by atoms with E-state index in [1.54, 1.807) is 22.9 Å². The van der Waals surface area contributed by atoms with Crippen LogP contribution in [-0.4, -0.2) is 27.5 Å². The lowest BCUT2D eigenvalue weighted by atomic mass is 9.82. The Balaban J connectivity index is 1.44. The molecule has 1 fully saturated rings. The van der Waals surface area contributed by atoms with Crippen molar-refractivity contribution >= 4 is 0 Å². The van der Waals surface area contributed by atoms with Gasteiger partial charge in [-0.15, -0.1) is 0 Å². The lowest BCUT2D eigenvalue weighted by Crippen LogP contribution is -2.47. The van der Waals surface area contributed by atoms with Gasteiger partial charge in [0.15, 0.2) is 0 Å². The van der Waals surface area contributed by atoms with Crippen LogP contribution in [0.5, 0.6) is 0 Å². The van der Waals surface area contributed by atoms with Gasteiger partial charge in [0.1, 0.15) is 0 Å². The molecular formula is C24H22F3N3O. The third kappa shape index (κ3) is 3.90. The minimum Gasteiger partial charge on any atom is -0.311 e. The molecule has 2 aliphatic rings. The highest BCUT2D eigenvalue weighted by atomic mass is 19.4. The molecule has 0 spiro atoms. The van der Waals surface area contributed by atoms with E-state index in [-0.39, 0.29) is 11.5 Å². The fraction of sp³-hybridized carbons (Fsp3) is 0.333. The molecule has 2 bridgehead atoms. The Morgan fingerprint density at radius 1 is 1.00 bits per heavy atom. The second-order valence-corrected chi connectivity index (χ2v) is 8.48. The molecule has 0 saturated carbocycles. The third-order valence-corrected chi connectivity index (χ3v) is 6.29. The molecule has 0 N–H and O–H groups in total. The maximum Gasteiger partial charge on any atom is 0.416 e. The molecule has 31 heavy (non-hydrogen) atoms. The summed E-state index contributed by atoms with van der Waals surface area (Å²) in [5.74, 6) is 0.573. The standard InChI is InChI=1S/C24H22F3N3O/c25-24(26,27)19-5-3-4-17(11-19)21-7-8-22-18-10-16(13-30(22)23(21)31)12-29(14-18)15-20-6-1-2-9-28-20/h1-9,11,16,18H,10,12-15H2/t16-,18-/m1/s1. The third-order valence-electron chi connectivity index (χ3n) is 6.29. The highest BCUT2D eigenvalue weighted by Crippen LogP contribution is 2.37. The summed E-state index contributed by atoms with van der Waals surface area (Å²) in [5.41, 5.74) is 1.68. The molecule has 0 radical (unpaired) electrons. The largest absolute Gasteiger partial charge is 0.416 e. The molecule has 3 aromatic rings. The average Bonchev–Trinajstić information content (AvgIpc) is 2.75. The van der Waals surface area contributed by atoms with Gasteiger partial charge in [0.25, 0.3) is 5.56 Å². The molecule has 5 rings (SSSR count). The molecule has 4 nitrogen and oxygen atoms in total. The van der Waals surface area contributed by atoms with Crippen molar-refractivity contribution in [2.75, 3.05) is 13.1 Å². The SMILES string of the molecule is O=c1c(-c2cccc(C(F)(F)F)c2)ccc2n1C[C@@H]1C[C@@H]2CN(Cc2ccccn2)C1. The number of halogens is 3. The van der Waals surface area contributed by atoms with Crippen molar-refractivity contribution in [2.24, 2.45) is 5.92 Å². The summed E-state index contributed by atoms with van der Waals surface area (Å²) in [7, 11) is 0. The van der Waals surface area contributed by atoms with Gasteiger partial charge in [-0.2, -0.15) is 13.2 Å². The van der Waals surface area contributed by atoms with Crippen molar-refractivity contribution in [3.63, 3.8) is 0 Å². The number of aromatic nitrogens is 2. The van der Waals surface area contributed by atoms with Gasteiger partial charge in [-0.05, 0) is 54.3 Å². The molecule has 0 amide bonds. The lowest BCUT2D eigenvalue weighted by molar-refractivity contribution is -0.137. The van der Waals surface area contributed by atoms with Crippen LogP contribution in [0.1, 0.15) is 29.3 Å². The maximum atomic E-state index is 13.2. The van der Waals surface area contributed by atoms with E-state index in [1.165, 1.54) is 6.07 Å². The summed E-state index contributed by atoms with van der Waals surface area (Å²) in [6.45, 7) is 3.10.